The normalized spacial score (nSPS) is 11.3. The molecule has 3 N–H and O–H groups in total. The van der Waals surface area contributed by atoms with E-state index in [2.05, 4.69) is 10.1 Å². The van der Waals surface area contributed by atoms with Gasteiger partial charge >= 0.3 is 5.69 Å². The number of nitrogens with one attached hydrogen (secondary N) is 1. The van der Waals surface area contributed by atoms with Crippen LogP contribution in [0.15, 0.2) is 14.1 Å². The molecule has 10 nitrogen and oxygen atoms in total. The van der Waals surface area contributed by atoms with Crippen LogP contribution in [0.3, 0.4) is 0 Å². The number of Topliss-reactive ketones (excluding diaryl/α,β-unsaturated/α-hetero) is 1. The van der Waals surface area contributed by atoms with Crippen molar-refractivity contribution in [2.45, 2.75) is 26.9 Å². The lowest BCUT2D eigenvalue weighted by Crippen LogP contribution is -2.39. The molecular formula is C16H23N5O5. The molecule has 2 aromatic rings. The third kappa shape index (κ3) is 4.09. The maximum atomic E-state index is 12.6. The zero-order chi connectivity index (χ0) is 19.4. The van der Waals surface area contributed by atoms with Gasteiger partial charge in [0.15, 0.2) is 5.78 Å². The Morgan fingerprint density at radius 3 is 2.65 bits per heavy atom. The number of aryl methyl sites for hydroxylation is 2. The van der Waals surface area contributed by atoms with Crippen LogP contribution in [0, 0.1) is 13.8 Å². The molecule has 0 aromatic carbocycles. The summed E-state index contributed by atoms with van der Waals surface area (Å²) in [4.78, 5) is 40.4. The first-order valence-electron chi connectivity index (χ1n) is 8.01. The average Bonchev–Trinajstić information content (AvgIpc) is 2.86. The SMILES string of the molecule is COCCn1c(N)c(C(=O)CN(C)Cc2c(C)noc2C)c(=O)[nH]c1=O. The van der Waals surface area contributed by atoms with Crippen LogP contribution in [0.1, 0.15) is 27.4 Å². The highest BCUT2D eigenvalue weighted by atomic mass is 16.5. The van der Waals surface area contributed by atoms with Crippen LogP contribution >= 0.6 is 0 Å². The Morgan fingerprint density at radius 2 is 2.08 bits per heavy atom. The predicted molar refractivity (Wildman–Crippen MR) is 94.3 cm³/mol. The number of nitrogen functional groups attached to an aromatic ring is 1. The Kier molecular flexibility index (Phi) is 6.11. The van der Waals surface area contributed by atoms with Crippen molar-refractivity contribution in [1.82, 2.24) is 19.6 Å². The lowest BCUT2D eigenvalue weighted by molar-refractivity contribution is 0.0941. The molecule has 0 radical (unpaired) electrons. The number of ether oxygens (including phenoxy) is 1. The molecule has 142 valence electrons. The van der Waals surface area contributed by atoms with E-state index in [1.807, 2.05) is 6.92 Å². The molecule has 0 fully saturated rings. The number of rotatable bonds is 8. The molecule has 0 spiro atoms. The number of ketones is 1. The molecule has 0 aliphatic carbocycles. The van der Waals surface area contributed by atoms with E-state index >= 15 is 0 Å². The fourth-order valence-electron chi connectivity index (χ4n) is 2.64. The molecule has 0 unspecified atom stereocenters. The highest BCUT2D eigenvalue weighted by Crippen LogP contribution is 2.14. The molecule has 0 atom stereocenters. The first kappa shape index (κ1) is 19.6. The monoisotopic (exact) mass is 365 g/mol. The lowest BCUT2D eigenvalue weighted by atomic mass is 10.1. The van der Waals surface area contributed by atoms with Crippen LogP contribution in [0.25, 0.3) is 0 Å². The predicted octanol–water partition coefficient (Wildman–Crippen LogP) is -0.315. The van der Waals surface area contributed by atoms with Gasteiger partial charge < -0.3 is 15.0 Å². The Bertz CT molecular complexity index is 891. The molecule has 26 heavy (non-hydrogen) atoms. The van der Waals surface area contributed by atoms with Gasteiger partial charge in [-0.25, -0.2) is 4.79 Å². The fourth-order valence-corrected chi connectivity index (χ4v) is 2.64. The van der Waals surface area contributed by atoms with Crippen molar-refractivity contribution < 1.29 is 14.1 Å². The molecule has 2 aromatic heterocycles. The van der Waals surface area contributed by atoms with E-state index in [9.17, 15) is 14.4 Å². The first-order valence-corrected chi connectivity index (χ1v) is 8.01. The van der Waals surface area contributed by atoms with E-state index < -0.39 is 17.0 Å². The van der Waals surface area contributed by atoms with E-state index in [1.165, 1.54) is 7.11 Å². The molecule has 0 aliphatic rings. The van der Waals surface area contributed by atoms with Crippen molar-refractivity contribution in [3.05, 3.63) is 43.4 Å². The molecular weight excluding hydrogens is 342 g/mol. The summed E-state index contributed by atoms with van der Waals surface area (Å²) in [5.74, 6) is 0.0305. The van der Waals surface area contributed by atoms with Gasteiger partial charge in [0.1, 0.15) is 17.1 Å². The largest absolute Gasteiger partial charge is 0.384 e. The Morgan fingerprint density at radius 1 is 1.38 bits per heavy atom. The highest BCUT2D eigenvalue weighted by molar-refractivity contribution is 6.01. The van der Waals surface area contributed by atoms with Crippen molar-refractivity contribution in [1.29, 1.82) is 0 Å². The molecule has 0 saturated carbocycles. The number of H-pyrrole nitrogens is 1. The lowest BCUT2D eigenvalue weighted by Gasteiger charge is -2.17. The molecule has 10 heteroatoms. The number of likely N-dealkylation sites (N-methyl/N-ethyl adjacent to an activating group) is 1. The van der Waals surface area contributed by atoms with Gasteiger partial charge in [-0.1, -0.05) is 5.16 Å². The van der Waals surface area contributed by atoms with Crippen molar-refractivity contribution in [3.8, 4) is 0 Å². The van der Waals surface area contributed by atoms with E-state index in [1.54, 1.807) is 18.9 Å². The van der Waals surface area contributed by atoms with Crippen molar-refractivity contribution in [2.24, 2.45) is 0 Å². The molecule has 0 aliphatic heterocycles. The highest BCUT2D eigenvalue weighted by Gasteiger charge is 2.21. The van der Waals surface area contributed by atoms with Crippen LogP contribution in [0.5, 0.6) is 0 Å². The van der Waals surface area contributed by atoms with Crippen LogP contribution in [0.4, 0.5) is 5.82 Å². The third-order valence-corrected chi connectivity index (χ3v) is 4.06. The van der Waals surface area contributed by atoms with Crippen LogP contribution in [-0.4, -0.2) is 52.7 Å². The summed E-state index contributed by atoms with van der Waals surface area (Å²) in [7, 11) is 3.21. The van der Waals surface area contributed by atoms with E-state index in [-0.39, 0.29) is 31.1 Å². The summed E-state index contributed by atoms with van der Waals surface area (Å²) in [6, 6.07) is 0. The number of carbonyl (C=O) groups is 1. The third-order valence-electron chi connectivity index (χ3n) is 4.06. The summed E-state index contributed by atoms with van der Waals surface area (Å²) >= 11 is 0. The second-order valence-corrected chi connectivity index (χ2v) is 6.06. The summed E-state index contributed by atoms with van der Waals surface area (Å²) in [6.45, 7) is 4.33. The minimum atomic E-state index is -0.795. The second kappa shape index (κ2) is 8.11. The smallest absolute Gasteiger partial charge is 0.330 e. The van der Waals surface area contributed by atoms with Crippen molar-refractivity contribution in [2.75, 3.05) is 33.0 Å². The van der Waals surface area contributed by atoms with E-state index in [4.69, 9.17) is 15.0 Å². The minimum Gasteiger partial charge on any atom is -0.384 e. The zero-order valence-corrected chi connectivity index (χ0v) is 15.3. The average molecular weight is 365 g/mol. The molecule has 2 heterocycles. The van der Waals surface area contributed by atoms with Gasteiger partial charge in [-0.05, 0) is 20.9 Å². The van der Waals surface area contributed by atoms with Crippen molar-refractivity contribution in [3.63, 3.8) is 0 Å². The molecule has 0 saturated heterocycles. The number of nitrogens with zero attached hydrogens (tertiary/aromatic N) is 3. The molecule has 0 bridgehead atoms. The standard InChI is InChI=1S/C16H23N5O5/c1-9-11(10(2)26-19-9)7-20(3)8-12(22)13-14(17)21(5-6-25-4)16(24)18-15(13)23/h5-8,17H2,1-4H3,(H,18,23,24). The second-order valence-electron chi connectivity index (χ2n) is 6.06. The number of hydrogen-bond donors (Lipinski definition) is 2. The first-order chi connectivity index (χ1) is 12.3. The van der Waals surface area contributed by atoms with Gasteiger partial charge in [-0.2, -0.15) is 0 Å². The number of anilines is 1. The van der Waals surface area contributed by atoms with Crippen LogP contribution in [0.2, 0.25) is 0 Å². The number of carbonyl (C=O) groups excluding carboxylic acids is 1. The number of hydrogen-bond acceptors (Lipinski definition) is 8. The summed E-state index contributed by atoms with van der Waals surface area (Å²) < 4.78 is 11.1. The number of aromatic amines is 1. The quantitative estimate of drug-likeness (QED) is 0.608. The maximum absolute atomic E-state index is 12.6. The van der Waals surface area contributed by atoms with Gasteiger partial charge in [0.25, 0.3) is 5.56 Å². The summed E-state index contributed by atoms with van der Waals surface area (Å²) in [5.41, 5.74) is 5.83. The topological polar surface area (TPSA) is 136 Å². The minimum absolute atomic E-state index is 0.0557. The maximum Gasteiger partial charge on any atom is 0.330 e. The van der Waals surface area contributed by atoms with E-state index in [0.717, 1.165) is 15.8 Å². The van der Waals surface area contributed by atoms with Gasteiger partial charge in [0.2, 0.25) is 0 Å². The molecule has 2 rings (SSSR count). The summed E-state index contributed by atoms with van der Waals surface area (Å²) in [5, 5.41) is 3.87. The number of methoxy groups -OCH3 is 1. The van der Waals surface area contributed by atoms with Gasteiger partial charge in [-0.3, -0.25) is 24.0 Å². The number of nitrogens with two attached hydrogens (primary N) is 1. The van der Waals surface area contributed by atoms with Crippen LogP contribution < -0.4 is 17.0 Å². The number of aromatic nitrogens is 3. The van der Waals surface area contributed by atoms with Crippen molar-refractivity contribution >= 4 is 11.6 Å². The van der Waals surface area contributed by atoms with Gasteiger partial charge in [0.05, 0.1) is 25.4 Å². The Balaban J connectivity index is 2.23. The van der Waals surface area contributed by atoms with Gasteiger partial charge in [-0.15, -0.1) is 0 Å². The van der Waals surface area contributed by atoms with Gasteiger partial charge in [0, 0.05) is 19.2 Å². The van der Waals surface area contributed by atoms with E-state index in [0.29, 0.717) is 12.3 Å². The Hall–Kier alpha value is -2.72. The van der Waals surface area contributed by atoms with Crippen LogP contribution in [-0.2, 0) is 17.8 Å². The fraction of sp³-hybridized carbons (Fsp3) is 0.500. The summed E-state index contributed by atoms with van der Waals surface area (Å²) in [6.07, 6.45) is 0. The molecule has 0 amide bonds. The zero-order valence-electron chi connectivity index (χ0n) is 15.3. The Labute approximate surface area is 149 Å².